The molecule has 0 bridgehead atoms. The van der Waals surface area contributed by atoms with Crippen molar-refractivity contribution in [3.63, 3.8) is 0 Å². The number of para-hydroxylation sites is 1. The van der Waals surface area contributed by atoms with Crippen molar-refractivity contribution in [1.29, 1.82) is 0 Å². The van der Waals surface area contributed by atoms with E-state index in [4.69, 9.17) is 9.47 Å². The van der Waals surface area contributed by atoms with E-state index in [1.54, 1.807) is 55.5 Å². The summed E-state index contributed by atoms with van der Waals surface area (Å²) in [5.74, 6) is -0.313. The largest absolute Gasteiger partial charge is 0.497 e. The minimum absolute atomic E-state index is 0.233. The number of esters is 1. The van der Waals surface area contributed by atoms with E-state index in [0.717, 1.165) is 0 Å². The Balaban J connectivity index is 1.61. The van der Waals surface area contributed by atoms with Gasteiger partial charge in [0.1, 0.15) is 12.3 Å². The monoisotopic (exact) mass is 381 g/mol. The number of aromatic amines is 1. The van der Waals surface area contributed by atoms with Crippen LogP contribution in [0.2, 0.25) is 0 Å². The van der Waals surface area contributed by atoms with Crippen molar-refractivity contribution in [3.8, 4) is 5.75 Å². The number of carbonyl (C=O) groups is 2. The number of ether oxygens (including phenoxy) is 2. The van der Waals surface area contributed by atoms with Crippen LogP contribution in [0.3, 0.4) is 0 Å². The number of H-pyrrole nitrogens is 1. The lowest BCUT2D eigenvalue weighted by Gasteiger charge is -2.13. The molecule has 1 atom stereocenters. The van der Waals surface area contributed by atoms with Gasteiger partial charge >= 0.3 is 5.97 Å². The molecule has 0 saturated carbocycles. The smallest absolute Gasteiger partial charge is 0.326 e. The molecule has 0 aliphatic rings. The van der Waals surface area contributed by atoms with E-state index in [9.17, 15) is 14.4 Å². The first-order valence-corrected chi connectivity index (χ1v) is 8.58. The second-order valence-corrected chi connectivity index (χ2v) is 6.02. The summed E-state index contributed by atoms with van der Waals surface area (Å²) in [7, 11) is 1.50. The molecule has 8 nitrogen and oxygen atoms in total. The maximum atomic E-state index is 12.1. The lowest BCUT2D eigenvalue weighted by molar-refractivity contribution is -0.147. The van der Waals surface area contributed by atoms with Crippen molar-refractivity contribution in [2.75, 3.05) is 13.7 Å². The van der Waals surface area contributed by atoms with E-state index in [0.29, 0.717) is 22.2 Å². The molecule has 8 heteroatoms. The minimum atomic E-state index is -0.779. The van der Waals surface area contributed by atoms with Gasteiger partial charge in [0.15, 0.2) is 11.9 Å². The Bertz CT molecular complexity index is 1080. The molecule has 3 rings (SSSR count). The molecule has 0 aliphatic carbocycles. The Morgan fingerprint density at radius 1 is 1.18 bits per heavy atom. The molecule has 28 heavy (non-hydrogen) atoms. The van der Waals surface area contributed by atoms with Crippen molar-refractivity contribution in [3.05, 3.63) is 70.3 Å². The average molecular weight is 381 g/mol. The van der Waals surface area contributed by atoms with Crippen LogP contribution in [-0.4, -0.2) is 35.5 Å². The predicted octanol–water partition coefficient (Wildman–Crippen LogP) is 1.97. The number of nitrogens with zero attached hydrogens (tertiary/aromatic N) is 1. The van der Waals surface area contributed by atoms with Gasteiger partial charge in [0.25, 0.3) is 11.5 Å². The van der Waals surface area contributed by atoms with Gasteiger partial charge in [-0.05, 0) is 37.3 Å². The fraction of sp³-hybridized carbons (Fsp3) is 0.200. The molecule has 1 heterocycles. The summed E-state index contributed by atoms with van der Waals surface area (Å²) in [6.07, 6.45) is -0.779. The van der Waals surface area contributed by atoms with Crippen LogP contribution in [0.25, 0.3) is 10.9 Å². The molecule has 1 aromatic heterocycles. The van der Waals surface area contributed by atoms with Crippen molar-refractivity contribution < 1.29 is 19.1 Å². The quantitative estimate of drug-likeness (QED) is 0.632. The standard InChI is InChI=1S/C20H19N3O5/c1-12(18-22-16-9-4-3-8-15(16)20(26)23-18)28-17(24)11-21-19(25)13-6-5-7-14(10-13)27-2/h3-10,12H,11H2,1-2H3,(H,21,25)(H,22,23,26)/t12-/m0/s1. The fourth-order valence-electron chi connectivity index (χ4n) is 2.61. The Morgan fingerprint density at radius 2 is 1.96 bits per heavy atom. The van der Waals surface area contributed by atoms with Gasteiger partial charge in [-0.1, -0.05) is 18.2 Å². The van der Waals surface area contributed by atoms with Crippen LogP contribution in [0.1, 0.15) is 29.2 Å². The summed E-state index contributed by atoms with van der Waals surface area (Å²) in [6.45, 7) is 1.27. The number of nitrogens with one attached hydrogen (secondary N) is 2. The van der Waals surface area contributed by atoms with Crippen molar-refractivity contribution in [2.45, 2.75) is 13.0 Å². The van der Waals surface area contributed by atoms with Gasteiger partial charge in [-0.3, -0.25) is 14.4 Å². The van der Waals surface area contributed by atoms with E-state index in [-0.39, 0.29) is 17.9 Å². The van der Waals surface area contributed by atoms with Crippen molar-refractivity contribution >= 4 is 22.8 Å². The van der Waals surface area contributed by atoms with Gasteiger partial charge in [0.05, 0.1) is 18.0 Å². The molecule has 0 saturated heterocycles. The van der Waals surface area contributed by atoms with E-state index in [2.05, 4.69) is 15.3 Å². The Morgan fingerprint density at radius 3 is 2.75 bits per heavy atom. The van der Waals surface area contributed by atoms with Gasteiger partial charge in [-0.15, -0.1) is 0 Å². The molecule has 0 spiro atoms. The fourth-order valence-corrected chi connectivity index (χ4v) is 2.61. The molecule has 2 aromatic carbocycles. The third-order valence-electron chi connectivity index (χ3n) is 4.05. The van der Waals surface area contributed by atoms with E-state index in [1.165, 1.54) is 7.11 Å². The van der Waals surface area contributed by atoms with Gasteiger partial charge in [-0.25, -0.2) is 4.98 Å². The maximum Gasteiger partial charge on any atom is 0.326 e. The van der Waals surface area contributed by atoms with E-state index in [1.807, 2.05) is 0 Å². The van der Waals surface area contributed by atoms with Crippen molar-refractivity contribution in [1.82, 2.24) is 15.3 Å². The third kappa shape index (κ3) is 4.35. The second kappa shape index (κ2) is 8.34. The Kier molecular flexibility index (Phi) is 5.69. The number of methoxy groups -OCH3 is 1. The van der Waals surface area contributed by atoms with Gasteiger partial charge in [-0.2, -0.15) is 0 Å². The summed E-state index contributed by atoms with van der Waals surface area (Å²) in [5, 5.41) is 2.94. The number of hydrogen-bond donors (Lipinski definition) is 2. The molecular weight excluding hydrogens is 362 g/mol. The molecule has 144 valence electrons. The molecule has 3 aromatic rings. The normalized spacial score (nSPS) is 11.6. The van der Waals surface area contributed by atoms with Crippen LogP contribution in [0.15, 0.2) is 53.3 Å². The summed E-state index contributed by atoms with van der Waals surface area (Å²) in [4.78, 5) is 43.2. The lowest BCUT2D eigenvalue weighted by Crippen LogP contribution is -2.31. The Labute approximate surface area is 160 Å². The zero-order valence-electron chi connectivity index (χ0n) is 15.4. The van der Waals surface area contributed by atoms with Crippen LogP contribution in [-0.2, 0) is 9.53 Å². The molecule has 2 N–H and O–H groups in total. The Hall–Kier alpha value is -3.68. The van der Waals surface area contributed by atoms with Crippen LogP contribution < -0.4 is 15.6 Å². The van der Waals surface area contributed by atoms with Gasteiger partial charge < -0.3 is 19.8 Å². The zero-order valence-corrected chi connectivity index (χ0v) is 15.4. The first-order valence-electron chi connectivity index (χ1n) is 8.58. The number of benzene rings is 2. The number of carbonyl (C=O) groups excluding carboxylic acids is 2. The summed E-state index contributed by atoms with van der Waals surface area (Å²) >= 11 is 0. The van der Waals surface area contributed by atoms with Gasteiger partial charge in [0, 0.05) is 5.56 Å². The molecule has 0 radical (unpaired) electrons. The molecule has 0 fully saturated rings. The average Bonchev–Trinajstić information content (AvgIpc) is 2.72. The maximum absolute atomic E-state index is 12.1. The highest BCUT2D eigenvalue weighted by atomic mass is 16.5. The summed E-state index contributed by atoms with van der Waals surface area (Å²) in [6, 6.07) is 13.4. The predicted molar refractivity (Wildman–Crippen MR) is 102 cm³/mol. The summed E-state index contributed by atoms with van der Waals surface area (Å²) in [5.41, 5.74) is 0.561. The van der Waals surface area contributed by atoms with E-state index >= 15 is 0 Å². The molecule has 0 aliphatic heterocycles. The number of amides is 1. The first-order chi connectivity index (χ1) is 13.5. The van der Waals surface area contributed by atoms with Crippen molar-refractivity contribution in [2.24, 2.45) is 0 Å². The summed E-state index contributed by atoms with van der Waals surface area (Å²) < 4.78 is 10.3. The lowest BCUT2D eigenvalue weighted by atomic mass is 10.2. The SMILES string of the molecule is COc1cccc(C(=O)NCC(=O)O[C@@H](C)c2nc3ccccc3c(=O)[nH]2)c1. The van der Waals surface area contributed by atoms with Crippen LogP contribution in [0.4, 0.5) is 0 Å². The van der Waals surface area contributed by atoms with Crippen LogP contribution in [0, 0.1) is 0 Å². The van der Waals surface area contributed by atoms with Crippen LogP contribution in [0.5, 0.6) is 5.75 Å². The number of rotatable bonds is 6. The topological polar surface area (TPSA) is 110 Å². The zero-order chi connectivity index (χ0) is 20.1. The molecular formula is C20H19N3O5. The number of aromatic nitrogens is 2. The van der Waals surface area contributed by atoms with Crippen LogP contribution >= 0.6 is 0 Å². The van der Waals surface area contributed by atoms with E-state index < -0.39 is 18.0 Å². The molecule has 1 amide bonds. The first kappa shape index (κ1) is 19.1. The highest BCUT2D eigenvalue weighted by Crippen LogP contribution is 2.15. The number of fused-ring (bicyclic) bond motifs is 1. The highest BCUT2D eigenvalue weighted by Gasteiger charge is 2.16. The minimum Gasteiger partial charge on any atom is -0.497 e. The highest BCUT2D eigenvalue weighted by molar-refractivity contribution is 5.96. The van der Waals surface area contributed by atoms with Gasteiger partial charge in [0.2, 0.25) is 0 Å². The third-order valence-corrected chi connectivity index (χ3v) is 4.05. The number of hydrogen-bond acceptors (Lipinski definition) is 6. The second-order valence-electron chi connectivity index (χ2n) is 6.02. The molecule has 0 unspecified atom stereocenters.